The van der Waals surface area contributed by atoms with Crippen molar-refractivity contribution in [1.82, 2.24) is 10.3 Å². The molecule has 0 spiro atoms. The molecule has 21 heavy (non-hydrogen) atoms. The Morgan fingerprint density at radius 3 is 2.86 bits per heavy atom. The number of rotatable bonds is 4. The van der Waals surface area contributed by atoms with Crippen molar-refractivity contribution in [3.05, 3.63) is 24.0 Å². The summed E-state index contributed by atoms with van der Waals surface area (Å²) >= 11 is 0. The van der Waals surface area contributed by atoms with Crippen LogP contribution in [0.15, 0.2) is 18.3 Å². The van der Waals surface area contributed by atoms with E-state index in [-0.39, 0.29) is 18.4 Å². The first-order valence-corrected chi connectivity index (χ1v) is 7.15. The molecule has 1 fully saturated rings. The Morgan fingerprint density at radius 1 is 1.48 bits per heavy atom. The summed E-state index contributed by atoms with van der Waals surface area (Å²) in [6, 6.07) is 3.06. The molecule has 4 N–H and O–H groups in total. The number of aliphatic carboxylic acids is 1. The predicted octanol–water partition coefficient (Wildman–Crippen LogP) is 1.36. The molecule has 0 aliphatic heterocycles. The average molecular weight is 291 g/mol. The van der Waals surface area contributed by atoms with Gasteiger partial charge in [-0.05, 0) is 31.9 Å². The lowest BCUT2D eigenvalue weighted by Gasteiger charge is -2.38. The van der Waals surface area contributed by atoms with Gasteiger partial charge in [0.05, 0.1) is 23.7 Å². The van der Waals surface area contributed by atoms with Crippen molar-refractivity contribution in [2.45, 2.75) is 45.1 Å². The van der Waals surface area contributed by atoms with Crippen LogP contribution in [0, 0.1) is 5.41 Å². The fourth-order valence-corrected chi connectivity index (χ4v) is 2.77. The molecular formula is C15H21N3O3. The standard InChI is InChI=1S/C15H21N3O3/c1-15(14(20)21)7-3-2-4-12(15)18-13(19)8-11-6-5-10(16)9-17-11/h5-6,9,12H,2-4,7-8,16H2,1H3,(H,18,19)(H,20,21). The number of nitrogens with two attached hydrogens (primary N) is 1. The van der Waals surface area contributed by atoms with E-state index < -0.39 is 11.4 Å². The van der Waals surface area contributed by atoms with Crippen LogP contribution in [0.1, 0.15) is 38.3 Å². The zero-order chi connectivity index (χ0) is 15.5. The first kappa shape index (κ1) is 15.3. The summed E-state index contributed by atoms with van der Waals surface area (Å²) in [7, 11) is 0. The number of hydrogen-bond donors (Lipinski definition) is 3. The Labute approximate surface area is 123 Å². The highest BCUT2D eigenvalue weighted by Gasteiger charge is 2.43. The summed E-state index contributed by atoms with van der Waals surface area (Å²) in [5, 5.41) is 12.3. The SMILES string of the molecule is CC1(C(=O)O)CCCCC1NC(=O)Cc1ccc(N)cn1. The van der Waals surface area contributed by atoms with E-state index in [4.69, 9.17) is 5.73 Å². The predicted molar refractivity (Wildman–Crippen MR) is 78.5 cm³/mol. The van der Waals surface area contributed by atoms with Crippen LogP contribution in [-0.2, 0) is 16.0 Å². The van der Waals surface area contributed by atoms with E-state index in [1.807, 2.05) is 0 Å². The topological polar surface area (TPSA) is 105 Å². The molecule has 114 valence electrons. The Bertz CT molecular complexity index is 529. The Balaban J connectivity index is 2.00. The molecule has 6 heteroatoms. The molecule has 1 aliphatic carbocycles. The first-order valence-electron chi connectivity index (χ1n) is 7.15. The van der Waals surface area contributed by atoms with Crippen LogP contribution in [-0.4, -0.2) is 28.0 Å². The van der Waals surface area contributed by atoms with Crippen LogP contribution in [0.25, 0.3) is 0 Å². The quantitative estimate of drug-likeness (QED) is 0.776. The monoisotopic (exact) mass is 291 g/mol. The van der Waals surface area contributed by atoms with Gasteiger partial charge in [-0.25, -0.2) is 0 Å². The van der Waals surface area contributed by atoms with Crippen molar-refractivity contribution < 1.29 is 14.7 Å². The number of nitrogens with one attached hydrogen (secondary N) is 1. The number of carboxylic acid groups (broad SMARTS) is 1. The second kappa shape index (κ2) is 6.11. The van der Waals surface area contributed by atoms with E-state index in [1.54, 1.807) is 19.1 Å². The number of hydrogen-bond acceptors (Lipinski definition) is 4. The van der Waals surface area contributed by atoms with Crippen LogP contribution in [0.3, 0.4) is 0 Å². The Hall–Kier alpha value is -2.11. The summed E-state index contributed by atoms with van der Waals surface area (Å²) in [4.78, 5) is 27.7. The van der Waals surface area contributed by atoms with Gasteiger partial charge in [0.25, 0.3) is 0 Å². The average Bonchev–Trinajstić information content (AvgIpc) is 2.44. The smallest absolute Gasteiger partial charge is 0.311 e. The van der Waals surface area contributed by atoms with Crippen molar-refractivity contribution in [1.29, 1.82) is 0 Å². The van der Waals surface area contributed by atoms with Crippen LogP contribution in [0.4, 0.5) is 5.69 Å². The highest BCUT2D eigenvalue weighted by atomic mass is 16.4. The fourth-order valence-electron chi connectivity index (χ4n) is 2.77. The van der Waals surface area contributed by atoms with Gasteiger partial charge in [0, 0.05) is 11.7 Å². The number of nitrogen functional groups attached to an aromatic ring is 1. The van der Waals surface area contributed by atoms with Gasteiger partial charge in [-0.1, -0.05) is 12.8 Å². The van der Waals surface area contributed by atoms with Crippen LogP contribution in [0.2, 0.25) is 0 Å². The Kier molecular flexibility index (Phi) is 4.45. The van der Waals surface area contributed by atoms with Crippen LogP contribution < -0.4 is 11.1 Å². The number of carbonyl (C=O) groups excluding carboxylic acids is 1. The van der Waals surface area contributed by atoms with Gasteiger partial charge in [-0.15, -0.1) is 0 Å². The normalized spacial score (nSPS) is 25.3. The third kappa shape index (κ3) is 3.51. The highest BCUT2D eigenvalue weighted by molar-refractivity contribution is 5.81. The minimum atomic E-state index is -0.886. The first-order chi connectivity index (χ1) is 9.91. The highest BCUT2D eigenvalue weighted by Crippen LogP contribution is 2.36. The van der Waals surface area contributed by atoms with Crippen molar-refractivity contribution in [2.24, 2.45) is 5.41 Å². The number of anilines is 1. The molecular weight excluding hydrogens is 270 g/mol. The van der Waals surface area contributed by atoms with E-state index in [2.05, 4.69) is 10.3 Å². The van der Waals surface area contributed by atoms with Gasteiger partial charge in [0.15, 0.2) is 0 Å². The number of nitrogens with zero attached hydrogens (tertiary/aromatic N) is 1. The fraction of sp³-hybridized carbons (Fsp3) is 0.533. The van der Waals surface area contributed by atoms with Crippen molar-refractivity contribution in [3.63, 3.8) is 0 Å². The third-order valence-electron chi connectivity index (χ3n) is 4.22. The zero-order valence-electron chi connectivity index (χ0n) is 12.1. The minimum absolute atomic E-state index is 0.131. The molecule has 2 unspecified atom stereocenters. The third-order valence-corrected chi connectivity index (χ3v) is 4.22. The van der Waals surface area contributed by atoms with Gasteiger partial charge >= 0.3 is 5.97 Å². The molecule has 2 rings (SSSR count). The maximum absolute atomic E-state index is 12.1. The van der Waals surface area contributed by atoms with Crippen molar-refractivity contribution in [2.75, 3.05) is 5.73 Å². The molecule has 1 aliphatic rings. The molecule has 2 atom stereocenters. The van der Waals surface area contributed by atoms with Crippen molar-refractivity contribution in [3.8, 4) is 0 Å². The second-order valence-electron chi connectivity index (χ2n) is 5.85. The maximum Gasteiger partial charge on any atom is 0.311 e. The van der Waals surface area contributed by atoms with E-state index in [9.17, 15) is 14.7 Å². The lowest BCUT2D eigenvalue weighted by atomic mass is 9.71. The number of amides is 1. The number of pyridine rings is 1. The summed E-state index contributed by atoms with van der Waals surface area (Å²) in [5.41, 5.74) is 5.83. The number of aromatic nitrogens is 1. The van der Waals surface area contributed by atoms with E-state index >= 15 is 0 Å². The van der Waals surface area contributed by atoms with E-state index in [0.29, 0.717) is 24.2 Å². The van der Waals surface area contributed by atoms with E-state index in [0.717, 1.165) is 12.8 Å². The van der Waals surface area contributed by atoms with Crippen LogP contribution >= 0.6 is 0 Å². The molecule has 0 bridgehead atoms. The van der Waals surface area contributed by atoms with Gasteiger partial charge in [0.2, 0.25) is 5.91 Å². The maximum atomic E-state index is 12.1. The largest absolute Gasteiger partial charge is 0.481 e. The summed E-state index contributed by atoms with van der Waals surface area (Å²) < 4.78 is 0. The molecule has 1 heterocycles. The lowest BCUT2D eigenvalue weighted by molar-refractivity contribution is -0.152. The summed E-state index contributed by atoms with van der Waals surface area (Å²) in [6.07, 6.45) is 4.75. The number of carboxylic acids is 1. The number of carbonyl (C=O) groups is 2. The summed E-state index contributed by atoms with van der Waals surface area (Å²) in [6.45, 7) is 1.71. The molecule has 1 saturated carbocycles. The molecule has 1 aromatic rings. The Morgan fingerprint density at radius 2 is 2.24 bits per heavy atom. The van der Waals surface area contributed by atoms with Gasteiger partial charge in [-0.2, -0.15) is 0 Å². The van der Waals surface area contributed by atoms with Gasteiger partial charge < -0.3 is 16.2 Å². The van der Waals surface area contributed by atoms with Crippen LogP contribution in [0.5, 0.6) is 0 Å². The van der Waals surface area contributed by atoms with Gasteiger partial charge in [0.1, 0.15) is 0 Å². The molecule has 1 amide bonds. The second-order valence-corrected chi connectivity index (χ2v) is 5.85. The molecule has 0 aromatic carbocycles. The molecule has 6 nitrogen and oxygen atoms in total. The lowest BCUT2D eigenvalue weighted by Crippen LogP contribution is -2.52. The van der Waals surface area contributed by atoms with E-state index in [1.165, 1.54) is 6.20 Å². The molecule has 1 aromatic heterocycles. The minimum Gasteiger partial charge on any atom is -0.481 e. The summed E-state index contributed by atoms with van der Waals surface area (Å²) in [5.74, 6) is -1.05. The molecule has 0 radical (unpaired) electrons. The zero-order valence-corrected chi connectivity index (χ0v) is 12.1. The van der Waals surface area contributed by atoms with Gasteiger partial charge in [-0.3, -0.25) is 14.6 Å². The van der Waals surface area contributed by atoms with Crippen molar-refractivity contribution >= 4 is 17.6 Å². The molecule has 0 saturated heterocycles.